The maximum atomic E-state index is 15.1. The van der Waals surface area contributed by atoms with E-state index in [1.807, 2.05) is 30.3 Å². The smallest absolute Gasteiger partial charge is 0.335 e. The lowest BCUT2D eigenvalue weighted by atomic mass is 9.83. The number of pyridine rings is 1. The molecule has 5 atom stereocenters. The van der Waals surface area contributed by atoms with Crippen LogP contribution in [-0.2, 0) is 38.5 Å². The van der Waals surface area contributed by atoms with Crippen molar-refractivity contribution < 1.29 is 38.6 Å². The second-order valence-electron chi connectivity index (χ2n) is 17.5. The van der Waals surface area contributed by atoms with Gasteiger partial charge >= 0.3 is 5.97 Å². The number of hydrogen-bond donors (Lipinski definition) is 7. The van der Waals surface area contributed by atoms with E-state index in [4.69, 9.17) is 33.4 Å². The highest BCUT2D eigenvalue weighted by Crippen LogP contribution is 2.29. The number of carbonyl (C=O) groups excluding carboxylic acids is 6. The average Bonchev–Trinajstić information content (AvgIpc) is 3.71. The Morgan fingerprint density at radius 1 is 0.968 bits per heavy atom. The van der Waals surface area contributed by atoms with Gasteiger partial charge in [-0.3, -0.25) is 33.5 Å². The number of amides is 3. The average molecular weight is 875 g/mol. The topological polar surface area (TPSA) is 308 Å². The zero-order chi connectivity index (χ0) is 46.5. The third-order valence-corrected chi connectivity index (χ3v) is 11.1. The summed E-state index contributed by atoms with van der Waals surface area (Å²) in [7, 11) is 1.57. The maximum Gasteiger partial charge on any atom is 0.335 e. The van der Waals surface area contributed by atoms with Gasteiger partial charge < -0.3 is 43.8 Å². The van der Waals surface area contributed by atoms with Crippen molar-refractivity contribution in [2.45, 2.75) is 140 Å². The molecule has 1 fully saturated rings. The third-order valence-electron chi connectivity index (χ3n) is 11.1. The van der Waals surface area contributed by atoms with Gasteiger partial charge in [-0.2, -0.15) is 0 Å². The van der Waals surface area contributed by atoms with Crippen LogP contribution >= 0.6 is 0 Å². The van der Waals surface area contributed by atoms with Gasteiger partial charge in [-0.05, 0) is 83.2 Å². The molecule has 18 nitrogen and oxygen atoms in total. The van der Waals surface area contributed by atoms with Crippen LogP contribution in [0.25, 0.3) is 0 Å². The number of imide groups is 3. The number of nitrogens with zero attached hydrogens (tertiary/aromatic N) is 4. The fourth-order valence-corrected chi connectivity index (χ4v) is 7.73. The molecule has 3 amide bonds. The Morgan fingerprint density at radius 3 is 2.29 bits per heavy atom. The van der Waals surface area contributed by atoms with E-state index in [1.54, 1.807) is 27.8 Å². The number of unbranched alkanes of at least 4 members (excludes halogenated alkanes) is 1. The van der Waals surface area contributed by atoms with E-state index in [2.05, 4.69) is 15.3 Å². The van der Waals surface area contributed by atoms with Gasteiger partial charge in [0.05, 0.1) is 35.9 Å². The summed E-state index contributed by atoms with van der Waals surface area (Å²) in [4.78, 5) is 94.6. The molecule has 3 aromatic rings. The second kappa shape index (κ2) is 23.0. The monoisotopic (exact) mass is 875 g/mol. The van der Waals surface area contributed by atoms with Gasteiger partial charge in [-0.15, -0.1) is 0 Å². The number of carbonyl (C=O) groups is 6. The number of nitrogens with two attached hydrogens (primary N) is 5. The number of hydrogen-bond acceptors (Lipinski definition) is 16. The van der Waals surface area contributed by atoms with Crippen LogP contribution in [0.3, 0.4) is 0 Å². The molecule has 2 heterocycles. The van der Waals surface area contributed by atoms with Crippen molar-refractivity contribution in [1.29, 1.82) is 0 Å². The second-order valence-corrected chi connectivity index (χ2v) is 17.5. The zero-order valence-corrected chi connectivity index (χ0v) is 37.0. The van der Waals surface area contributed by atoms with Crippen LogP contribution in [0, 0.1) is 5.92 Å². The first kappa shape index (κ1) is 50.6. The van der Waals surface area contributed by atoms with Gasteiger partial charge in [0, 0.05) is 31.4 Å². The van der Waals surface area contributed by atoms with Crippen molar-refractivity contribution in [3.8, 4) is 0 Å². The molecule has 12 N–H and O–H groups in total. The van der Waals surface area contributed by atoms with Crippen molar-refractivity contribution in [1.82, 2.24) is 24.8 Å². The number of aromatic nitrogens is 3. The summed E-state index contributed by atoms with van der Waals surface area (Å²) >= 11 is 0. The Labute approximate surface area is 369 Å². The van der Waals surface area contributed by atoms with Crippen LogP contribution in [0.15, 0.2) is 55.1 Å². The number of nitrogens with one attached hydrogen (secondary N) is 1. The molecule has 2 aromatic heterocycles. The molecule has 0 saturated heterocycles. The van der Waals surface area contributed by atoms with E-state index in [0.717, 1.165) is 42.2 Å². The highest BCUT2D eigenvalue weighted by Gasteiger charge is 2.49. The predicted molar refractivity (Wildman–Crippen MR) is 236 cm³/mol. The number of benzene rings is 1. The van der Waals surface area contributed by atoms with E-state index in [9.17, 15) is 29.1 Å². The minimum Gasteiger partial charge on any atom is -0.458 e. The Balaban J connectivity index is 1.77. The van der Waals surface area contributed by atoms with Gasteiger partial charge in [0.25, 0.3) is 11.8 Å². The molecular formula is C45H66N10O8. The Bertz CT molecular complexity index is 2050. The standard InChI is InChI=1S/C45H66N10O8/c1-44(2,3)63-43(62)45(50,24-31-26-54(27-53-31)40(59)34(49)22-29-15-9-6-10-16-29)39(58)37-30(25-51-4)18-20-52-38(37)42(61)55(41(60)32(47)17-11-12-19-46)36(57)23-35(56)33(48)21-28-13-7-5-8-14-28/h6,9-10,15-16,18,20,26-28,32-35,51,56H,5,7-8,11-14,17,19,21-25,46-50H2,1-4H3/t32-,33-,34?,35-,45-/m0/s1. The van der Waals surface area contributed by atoms with Crippen LogP contribution in [0.2, 0.25) is 0 Å². The van der Waals surface area contributed by atoms with E-state index < -0.39 is 94.8 Å². The van der Waals surface area contributed by atoms with Gasteiger partial charge in [-0.1, -0.05) is 68.9 Å². The molecule has 18 heteroatoms. The molecule has 0 radical (unpaired) electrons. The first-order valence-corrected chi connectivity index (χ1v) is 21.7. The minimum absolute atomic E-state index is 0.0258. The van der Waals surface area contributed by atoms with Crippen molar-refractivity contribution in [3.05, 3.63) is 83.2 Å². The van der Waals surface area contributed by atoms with Crippen LogP contribution in [0.4, 0.5) is 0 Å². The normalized spacial score (nSPS) is 16.3. The van der Waals surface area contributed by atoms with E-state index in [-0.39, 0.29) is 36.6 Å². The van der Waals surface area contributed by atoms with Gasteiger partial charge in [0.15, 0.2) is 11.3 Å². The van der Waals surface area contributed by atoms with Crippen LogP contribution in [0.1, 0.15) is 127 Å². The molecule has 1 saturated carbocycles. The number of aliphatic hydroxyl groups is 1. The number of ether oxygens (including phenoxy) is 1. The maximum absolute atomic E-state index is 15.1. The Hall–Kier alpha value is -5.08. The number of aliphatic hydroxyl groups excluding tert-OH is 1. The number of esters is 1. The third kappa shape index (κ3) is 13.7. The summed E-state index contributed by atoms with van der Waals surface area (Å²) in [5.41, 5.74) is 27.5. The van der Waals surface area contributed by atoms with Gasteiger partial charge in [0.1, 0.15) is 17.6 Å². The van der Waals surface area contributed by atoms with E-state index in [1.165, 1.54) is 24.8 Å². The molecule has 0 aliphatic heterocycles. The zero-order valence-electron chi connectivity index (χ0n) is 37.0. The largest absolute Gasteiger partial charge is 0.458 e. The highest BCUT2D eigenvalue weighted by atomic mass is 16.6. The van der Waals surface area contributed by atoms with E-state index >= 15 is 4.79 Å². The summed E-state index contributed by atoms with van der Waals surface area (Å²) in [6.45, 7) is 4.97. The molecule has 1 unspecified atom stereocenters. The number of rotatable bonds is 21. The van der Waals surface area contributed by atoms with Crippen LogP contribution in [-0.4, -0.2) is 109 Å². The van der Waals surface area contributed by atoms with Crippen LogP contribution in [0.5, 0.6) is 0 Å². The molecule has 1 aliphatic rings. The fourth-order valence-electron chi connectivity index (χ4n) is 7.73. The van der Waals surface area contributed by atoms with Crippen LogP contribution < -0.4 is 34.0 Å². The molecule has 344 valence electrons. The summed E-state index contributed by atoms with van der Waals surface area (Å²) in [6, 6.07) is 7.43. The SMILES string of the molecule is CNCc1ccnc(C(=O)N(C(=O)C[C@H](O)[C@@H](N)CC2CCCCC2)C(=O)[C@@H](N)CCCCN)c1C(=O)[C@@](N)(Cc1cn(C(=O)C(N)Cc2ccccc2)cn1)C(=O)OC(C)(C)C. The Kier molecular flexibility index (Phi) is 18.5. The molecule has 4 rings (SSSR count). The van der Waals surface area contributed by atoms with Gasteiger partial charge in [-0.25, -0.2) is 14.7 Å². The molecule has 0 bridgehead atoms. The van der Waals surface area contributed by atoms with Gasteiger partial charge in [0.2, 0.25) is 11.8 Å². The number of Topliss-reactive ketones (excluding diaryl/α,β-unsaturated/α-hetero) is 1. The minimum atomic E-state index is -2.62. The molecule has 1 aliphatic carbocycles. The molecule has 1 aromatic carbocycles. The van der Waals surface area contributed by atoms with E-state index in [0.29, 0.717) is 30.7 Å². The summed E-state index contributed by atoms with van der Waals surface area (Å²) in [5.74, 6) is -6.15. The van der Waals surface area contributed by atoms with Crippen molar-refractivity contribution >= 4 is 35.4 Å². The lowest BCUT2D eigenvalue weighted by Gasteiger charge is -2.31. The van der Waals surface area contributed by atoms with Crippen molar-refractivity contribution in [2.24, 2.45) is 34.6 Å². The highest BCUT2D eigenvalue weighted by molar-refractivity contribution is 6.24. The molecule has 0 spiro atoms. The summed E-state index contributed by atoms with van der Waals surface area (Å²) < 4.78 is 6.82. The molecular weight excluding hydrogens is 809 g/mol. The van der Waals surface area contributed by atoms with Crippen molar-refractivity contribution in [2.75, 3.05) is 13.6 Å². The predicted octanol–water partition coefficient (Wildman–Crippen LogP) is 1.67. The number of ketones is 1. The summed E-state index contributed by atoms with van der Waals surface area (Å²) in [6.07, 6.45) is 7.64. The lowest BCUT2D eigenvalue weighted by molar-refractivity contribution is -0.159. The summed E-state index contributed by atoms with van der Waals surface area (Å²) in [5, 5.41) is 14.1. The molecule has 63 heavy (non-hydrogen) atoms. The van der Waals surface area contributed by atoms with Crippen molar-refractivity contribution in [3.63, 3.8) is 0 Å². The number of imidazole rings is 1. The first-order chi connectivity index (χ1) is 29.8. The quantitative estimate of drug-likeness (QED) is 0.0347. The lowest BCUT2D eigenvalue weighted by Crippen LogP contribution is -2.59. The Morgan fingerprint density at radius 2 is 1.65 bits per heavy atom. The first-order valence-electron chi connectivity index (χ1n) is 21.7. The fraction of sp³-hybridized carbons (Fsp3) is 0.556.